The van der Waals surface area contributed by atoms with Crippen LogP contribution in [0.4, 0.5) is 0 Å². The van der Waals surface area contributed by atoms with E-state index in [1.165, 1.54) is 26.8 Å². The van der Waals surface area contributed by atoms with Crippen molar-refractivity contribution in [2.75, 3.05) is 0 Å². The number of rotatable bonds is 3. The second-order valence-corrected chi connectivity index (χ2v) is 3.57. The molecule has 3 N–H and O–H groups in total. The number of hydrogen-bond acceptors (Lipinski definition) is 8. The van der Waals surface area contributed by atoms with Gasteiger partial charge in [-0.2, -0.15) is 5.26 Å². The fourth-order valence-corrected chi connectivity index (χ4v) is 0.948. The largest absolute Gasteiger partial charge is 3.00 e. The quantitative estimate of drug-likeness (QED) is 0.233. The van der Waals surface area contributed by atoms with E-state index in [9.17, 15) is 29.7 Å². The van der Waals surface area contributed by atoms with Crippen molar-refractivity contribution in [1.82, 2.24) is 4.98 Å². The topological polar surface area (TPSA) is 190 Å². The van der Waals surface area contributed by atoms with Gasteiger partial charge >= 0.3 is 17.1 Å². The molecule has 0 aromatic carbocycles. The summed E-state index contributed by atoms with van der Waals surface area (Å²) in [7, 11) is 0. The average molecular weight is 380 g/mol. The molecule has 24 heavy (non-hydrogen) atoms. The van der Waals surface area contributed by atoms with Gasteiger partial charge in [0.05, 0.1) is 29.4 Å². The van der Waals surface area contributed by atoms with Crippen molar-refractivity contribution < 1.29 is 52.2 Å². The van der Waals surface area contributed by atoms with Crippen LogP contribution in [0, 0.1) is 11.3 Å². The molecule has 1 rings (SSSR count). The molecule has 0 aliphatic heterocycles. The summed E-state index contributed by atoms with van der Waals surface area (Å²) in [5.41, 5.74) is -0.839. The van der Waals surface area contributed by atoms with Crippen LogP contribution in [0.2, 0.25) is 0 Å². The first-order valence-electron chi connectivity index (χ1n) is 5.72. The van der Waals surface area contributed by atoms with Crippen molar-refractivity contribution in [2.24, 2.45) is 0 Å². The molecular formula is C14H16FeN2O7+. The molecule has 1 aromatic rings. The number of pyridine rings is 1. The van der Waals surface area contributed by atoms with E-state index < -0.39 is 23.3 Å². The number of ketones is 1. The molecule has 1 radical (unpaired) electrons. The standard InChI is InChI=1S/C7H5NO4.C5H8O2.C2H3N.Fe.H2O/c9-6(10)4-2-1-3-5(8-4)7(11)12;1-4(6)3-5(2)7;1-2-3;;/h1-3H,(H,9,10)(H,11,12);3,6H,1-2H3;1H3;;1H2/q;;;+3;/p-2/b;4-3-;;;. The van der Waals surface area contributed by atoms with Crippen LogP contribution in [-0.4, -0.2) is 22.7 Å². The van der Waals surface area contributed by atoms with Gasteiger partial charge in [-0.3, -0.25) is 4.79 Å². The zero-order chi connectivity index (χ0) is 17.7. The van der Waals surface area contributed by atoms with E-state index in [0.29, 0.717) is 0 Å². The molecular weight excluding hydrogens is 364 g/mol. The Bertz CT molecular complexity index is 576. The van der Waals surface area contributed by atoms with Crippen LogP contribution in [0.1, 0.15) is 41.7 Å². The van der Waals surface area contributed by atoms with Crippen LogP contribution in [0.15, 0.2) is 30.0 Å². The van der Waals surface area contributed by atoms with Crippen molar-refractivity contribution in [1.29, 1.82) is 5.26 Å². The number of aromatic carboxylic acids is 2. The number of hydrogen-bond donors (Lipinski definition) is 0. The van der Waals surface area contributed by atoms with Crippen LogP contribution >= 0.6 is 0 Å². The maximum absolute atomic E-state index is 10.2. The third kappa shape index (κ3) is 17.3. The van der Waals surface area contributed by atoms with E-state index in [1.807, 2.05) is 0 Å². The summed E-state index contributed by atoms with van der Waals surface area (Å²) in [4.78, 5) is 33.6. The Labute approximate surface area is 149 Å². The molecule has 0 saturated carbocycles. The van der Waals surface area contributed by atoms with E-state index in [4.69, 9.17) is 5.26 Å². The molecule has 0 fully saturated rings. The Hall–Kier alpha value is -2.73. The maximum atomic E-state index is 10.2. The van der Waals surface area contributed by atoms with Crippen molar-refractivity contribution in [2.45, 2.75) is 20.8 Å². The molecule has 9 nitrogen and oxygen atoms in total. The number of allylic oxidation sites excluding steroid dienone is 2. The fraction of sp³-hybridized carbons (Fsp3) is 0.214. The van der Waals surface area contributed by atoms with Crippen LogP contribution < -0.4 is 15.3 Å². The van der Waals surface area contributed by atoms with Gasteiger partial charge in [-0.05, 0) is 25.1 Å². The van der Waals surface area contributed by atoms with E-state index in [2.05, 4.69) is 4.98 Å². The minimum Gasteiger partial charge on any atom is -0.876 e. The number of carboxylic acids is 2. The van der Waals surface area contributed by atoms with Gasteiger partial charge in [-0.15, -0.1) is 5.76 Å². The molecule has 0 bridgehead atoms. The molecule has 0 spiro atoms. The number of carbonyl (C=O) groups is 3. The minimum atomic E-state index is -1.52. The predicted octanol–water partition coefficient (Wildman–Crippen LogP) is -2.75. The Morgan fingerprint density at radius 3 is 1.58 bits per heavy atom. The third-order valence-electron chi connectivity index (χ3n) is 1.57. The van der Waals surface area contributed by atoms with Gasteiger partial charge in [0.2, 0.25) is 0 Å². The Morgan fingerprint density at radius 2 is 1.42 bits per heavy atom. The zero-order valence-electron chi connectivity index (χ0n) is 13.1. The Morgan fingerprint density at radius 1 is 1.08 bits per heavy atom. The average Bonchev–Trinajstić information content (AvgIpc) is 2.38. The molecule has 0 saturated heterocycles. The van der Waals surface area contributed by atoms with Gasteiger partial charge in [0.15, 0.2) is 5.78 Å². The monoisotopic (exact) mass is 380 g/mol. The predicted molar refractivity (Wildman–Crippen MR) is 73.5 cm³/mol. The summed E-state index contributed by atoms with van der Waals surface area (Å²) in [5, 5.41) is 37.7. The molecule has 0 amide bonds. The summed E-state index contributed by atoms with van der Waals surface area (Å²) in [6.07, 6.45) is 1.06. The van der Waals surface area contributed by atoms with Crippen LogP contribution in [0.25, 0.3) is 0 Å². The number of carbonyl (C=O) groups excluding carboxylic acids is 3. The van der Waals surface area contributed by atoms with Crippen molar-refractivity contribution in [3.05, 3.63) is 41.4 Å². The minimum absolute atomic E-state index is 0. The number of aromatic nitrogens is 1. The van der Waals surface area contributed by atoms with Gasteiger partial charge in [-0.25, -0.2) is 4.98 Å². The first-order valence-corrected chi connectivity index (χ1v) is 5.72. The summed E-state index contributed by atoms with van der Waals surface area (Å²) in [6, 6.07) is 5.28. The van der Waals surface area contributed by atoms with Crippen molar-refractivity contribution in [3.8, 4) is 6.07 Å². The second-order valence-electron chi connectivity index (χ2n) is 3.57. The van der Waals surface area contributed by atoms with Crippen LogP contribution in [0.3, 0.4) is 0 Å². The molecule has 0 atom stereocenters. The summed E-state index contributed by atoms with van der Waals surface area (Å²) < 4.78 is 0. The van der Waals surface area contributed by atoms with Gasteiger partial charge < -0.3 is 30.4 Å². The normalized spacial score (nSPS) is 8.33. The smallest absolute Gasteiger partial charge is 0.876 e. The van der Waals surface area contributed by atoms with Crippen LogP contribution in [-0.2, 0) is 27.3 Å². The second kappa shape index (κ2) is 16.6. The van der Waals surface area contributed by atoms with E-state index in [-0.39, 0.29) is 34.1 Å². The van der Waals surface area contributed by atoms with Crippen LogP contribution in [0.5, 0.6) is 0 Å². The fourth-order valence-electron chi connectivity index (χ4n) is 0.948. The summed E-state index contributed by atoms with van der Waals surface area (Å²) >= 11 is 0. The Kier molecular flexibility index (Phi) is 20.3. The zero-order valence-corrected chi connectivity index (χ0v) is 14.2. The maximum Gasteiger partial charge on any atom is 3.00 e. The first kappa shape index (κ1) is 29.3. The van der Waals surface area contributed by atoms with Gasteiger partial charge in [0.25, 0.3) is 0 Å². The molecule has 10 heteroatoms. The molecule has 1 aromatic heterocycles. The van der Waals surface area contributed by atoms with E-state index in [1.54, 1.807) is 6.07 Å². The SMILES string of the molecule is CC#N.CC(=O)/C=C(/C)[O-].O=C([O-])c1cccc(C(=O)[O-])n1.[Fe+3].[OH3+]. The Balaban J connectivity index is -0.000000145. The summed E-state index contributed by atoms with van der Waals surface area (Å²) in [5.74, 6) is -3.41. The molecule has 0 unspecified atom stereocenters. The number of nitrogens with zero attached hydrogens (tertiary/aromatic N) is 2. The number of nitriles is 1. The van der Waals surface area contributed by atoms with Gasteiger partial charge in [0, 0.05) is 6.92 Å². The molecule has 0 aliphatic carbocycles. The third-order valence-corrected chi connectivity index (χ3v) is 1.57. The van der Waals surface area contributed by atoms with E-state index in [0.717, 1.165) is 18.2 Å². The number of carboxylic acid groups (broad SMARTS) is 2. The van der Waals surface area contributed by atoms with Crippen molar-refractivity contribution in [3.63, 3.8) is 0 Å². The molecule has 1 heterocycles. The molecule has 0 aliphatic rings. The molecule has 131 valence electrons. The van der Waals surface area contributed by atoms with Gasteiger partial charge in [-0.1, -0.05) is 13.0 Å². The first-order chi connectivity index (χ1) is 10.1. The van der Waals surface area contributed by atoms with E-state index >= 15 is 0 Å². The van der Waals surface area contributed by atoms with Crippen molar-refractivity contribution >= 4 is 17.7 Å². The summed E-state index contributed by atoms with van der Waals surface area (Å²) in [6.45, 7) is 4.13. The van der Waals surface area contributed by atoms with Gasteiger partial charge in [0.1, 0.15) is 0 Å².